The van der Waals surface area contributed by atoms with E-state index in [-0.39, 0.29) is 36.3 Å². The number of piperidine rings is 1. The van der Waals surface area contributed by atoms with Gasteiger partial charge in [0.15, 0.2) is 0 Å². The zero-order valence-electron chi connectivity index (χ0n) is 24.3. The number of imide groups is 1. The van der Waals surface area contributed by atoms with Gasteiger partial charge in [-0.05, 0) is 108 Å². The van der Waals surface area contributed by atoms with Crippen LogP contribution in [0.4, 0.5) is 0 Å². The third-order valence-corrected chi connectivity index (χ3v) is 11.1. The van der Waals surface area contributed by atoms with Crippen molar-refractivity contribution in [1.29, 1.82) is 0 Å². The van der Waals surface area contributed by atoms with E-state index in [1.807, 2.05) is 0 Å². The standard InChI is InChI=1S/C31H49N5O4/c1-20-15-25-26(31(39)36(30(25)38)27-3-2-14-40-19-33-29(27)37)16-28(20)35-13-8-21(18-35)17-34-11-9-23(10-12-34)22-4-6-24(32)7-5-22/h21-27H,2-19,32H2,1H3,(H,33,37). The van der Waals surface area contributed by atoms with E-state index in [0.29, 0.717) is 44.2 Å². The summed E-state index contributed by atoms with van der Waals surface area (Å²) in [6, 6.07) is -0.279. The van der Waals surface area contributed by atoms with E-state index in [9.17, 15) is 14.4 Å². The molecule has 0 aromatic carbocycles. The Hall–Kier alpha value is -1.97. The SMILES string of the molecule is CC1=C(N2CCC(CN3CCC(C4CCC(N)CC4)CC3)C2)CC2C(=O)N(C3CCCOCNC3=O)C(=O)C2C1. The first-order valence-corrected chi connectivity index (χ1v) is 16.0. The normalized spacial score (nSPS) is 37.0. The highest BCUT2D eigenvalue weighted by atomic mass is 16.5. The molecule has 4 atom stereocenters. The molecule has 0 aromatic rings. The zero-order chi connectivity index (χ0) is 27.8. The Labute approximate surface area is 239 Å². The van der Waals surface area contributed by atoms with Gasteiger partial charge in [0.1, 0.15) is 12.8 Å². The lowest BCUT2D eigenvalue weighted by Gasteiger charge is -2.39. The van der Waals surface area contributed by atoms with E-state index in [2.05, 4.69) is 22.0 Å². The first-order chi connectivity index (χ1) is 19.4. The largest absolute Gasteiger partial charge is 0.375 e. The molecule has 6 aliphatic rings. The maximum absolute atomic E-state index is 13.6. The highest BCUT2D eigenvalue weighted by molar-refractivity contribution is 6.08. The van der Waals surface area contributed by atoms with Crippen molar-refractivity contribution >= 4 is 17.7 Å². The first kappa shape index (κ1) is 28.2. The lowest BCUT2D eigenvalue weighted by Crippen LogP contribution is -2.51. The predicted molar refractivity (Wildman–Crippen MR) is 152 cm³/mol. The lowest BCUT2D eigenvalue weighted by molar-refractivity contribution is -0.149. The van der Waals surface area contributed by atoms with Crippen LogP contribution in [-0.4, -0.2) is 90.6 Å². The number of likely N-dealkylation sites (tertiary alicyclic amines) is 3. The number of amides is 3. The minimum absolute atomic E-state index is 0.132. The minimum atomic E-state index is -0.714. The van der Waals surface area contributed by atoms with Crippen molar-refractivity contribution in [2.45, 2.75) is 89.6 Å². The summed E-state index contributed by atoms with van der Waals surface area (Å²) in [6.07, 6.45) is 11.3. The average Bonchev–Trinajstić information content (AvgIpc) is 3.49. The number of fused-ring (bicyclic) bond motifs is 1. The molecule has 4 aliphatic heterocycles. The van der Waals surface area contributed by atoms with E-state index in [0.717, 1.165) is 24.9 Å². The number of nitrogens with two attached hydrogens (primary N) is 1. The van der Waals surface area contributed by atoms with E-state index in [1.165, 1.54) is 80.8 Å². The van der Waals surface area contributed by atoms with Crippen LogP contribution in [0, 0.1) is 29.6 Å². The van der Waals surface area contributed by atoms with Crippen molar-refractivity contribution in [3.05, 3.63) is 11.3 Å². The summed E-state index contributed by atoms with van der Waals surface area (Å²) in [5, 5.41) is 2.72. The molecule has 2 aliphatic carbocycles. The van der Waals surface area contributed by atoms with Gasteiger partial charge in [-0.1, -0.05) is 5.57 Å². The fourth-order valence-corrected chi connectivity index (χ4v) is 8.69. The smallest absolute Gasteiger partial charge is 0.245 e. The van der Waals surface area contributed by atoms with E-state index in [1.54, 1.807) is 0 Å². The van der Waals surface area contributed by atoms with Gasteiger partial charge >= 0.3 is 0 Å². The maximum atomic E-state index is 13.6. The van der Waals surface area contributed by atoms with E-state index in [4.69, 9.17) is 10.5 Å². The van der Waals surface area contributed by atoms with Crippen LogP contribution in [0.1, 0.15) is 77.6 Å². The van der Waals surface area contributed by atoms with Crippen LogP contribution in [0.15, 0.2) is 11.3 Å². The van der Waals surface area contributed by atoms with Gasteiger partial charge in [-0.2, -0.15) is 0 Å². The molecule has 1 saturated carbocycles. The minimum Gasteiger partial charge on any atom is -0.375 e. The quantitative estimate of drug-likeness (QED) is 0.502. The second kappa shape index (κ2) is 12.1. The van der Waals surface area contributed by atoms with Crippen molar-refractivity contribution in [2.24, 2.45) is 35.3 Å². The van der Waals surface area contributed by atoms with Crippen molar-refractivity contribution in [1.82, 2.24) is 20.0 Å². The molecule has 40 heavy (non-hydrogen) atoms. The fourth-order valence-electron chi connectivity index (χ4n) is 8.69. The van der Waals surface area contributed by atoms with Crippen LogP contribution >= 0.6 is 0 Å². The van der Waals surface area contributed by atoms with Crippen LogP contribution < -0.4 is 11.1 Å². The number of carbonyl (C=O) groups excluding carboxylic acids is 3. The predicted octanol–water partition coefficient (Wildman–Crippen LogP) is 2.46. The second-order valence-corrected chi connectivity index (χ2v) is 13.6. The van der Waals surface area contributed by atoms with Crippen molar-refractivity contribution in [2.75, 3.05) is 46.1 Å². The fraction of sp³-hybridized carbons (Fsp3) is 0.839. The number of ether oxygens (including phenoxy) is 1. The van der Waals surface area contributed by atoms with Crippen LogP contribution in [0.25, 0.3) is 0 Å². The molecule has 4 heterocycles. The molecule has 3 amide bonds. The van der Waals surface area contributed by atoms with Crippen molar-refractivity contribution in [3.63, 3.8) is 0 Å². The summed E-state index contributed by atoms with van der Waals surface area (Å²) in [7, 11) is 0. The van der Waals surface area contributed by atoms with Gasteiger partial charge in [-0.15, -0.1) is 0 Å². The van der Waals surface area contributed by atoms with Gasteiger partial charge in [-0.25, -0.2) is 0 Å². The maximum Gasteiger partial charge on any atom is 0.245 e. The number of nitrogens with zero attached hydrogens (tertiary/aromatic N) is 3. The van der Waals surface area contributed by atoms with Crippen molar-refractivity contribution < 1.29 is 19.1 Å². The van der Waals surface area contributed by atoms with Crippen LogP contribution in [0.3, 0.4) is 0 Å². The van der Waals surface area contributed by atoms with Gasteiger partial charge in [0, 0.05) is 38.0 Å². The number of hydrogen-bond donors (Lipinski definition) is 2. The number of nitrogens with one attached hydrogen (secondary N) is 1. The molecular formula is C31H49N5O4. The Balaban J connectivity index is 1.02. The summed E-state index contributed by atoms with van der Waals surface area (Å²) >= 11 is 0. The molecule has 0 aromatic heterocycles. The molecule has 4 unspecified atom stereocenters. The van der Waals surface area contributed by atoms with Gasteiger partial charge in [-0.3, -0.25) is 19.3 Å². The van der Waals surface area contributed by atoms with E-state index < -0.39 is 6.04 Å². The summed E-state index contributed by atoms with van der Waals surface area (Å²) in [5.41, 5.74) is 8.65. The molecule has 9 nitrogen and oxygen atoms in total. The van der Waals surface area contributed by atoms with Crippen LogP contribution in [0.5, 0.6) is 0 Å². The molecule has 0 spiro atoms. The molecule has 5 fully saturated rings. The van der Waals surface area contributed by atoms with Crippen LogP contribution in [0.2, 0.25) is 0 Å². The highest BCUT2D eigenvalue weighted by Crippen LogP contribution is 2.44. The Morgan fingerprint density at radius 3 is 2.33 bits per heavy atom. The molecule has 222 valence electrons. The lowest BCUT2D eigenvalue weighted by atomic mass is 9.74. The van der Waals surface area contributed by atoms with Gasteiger partial charge in [0.25, 0.3) is 0 Å². The molecule has 6 rings (SSSR count). The Kier molecular flexibility index (Phi) is 8.52. The first-order valence-electron chi connectivity index (χ1n) is 16.0. The molecule has 9 heteroatoms. The Morgan fingerprint density at radius 2 is 1.57 bits per heavy atom. The Bertz CT molecular complexity index is 1000. The van der Waals surface area contributed by atoms with Crippen molar-refractivity contribution in [3.8, 4) is 0 Å². The van der Waals surface area contributed by atoms with Gasteiger partial charge in [0.2, 0.25) is 17.7 Å². The number of hydrogen-bond acceptors (Lipinski definition) is 7. The molecule has 4 saturated heterocycles. The summed E-state index contributed by atoms with van der Waals surface area (Å²) < 4.78 is 5.34. The Morgan fingerprint density at radius 1 is 0.875 bits per heavy atom. The third-order valence-electron chi connectivity index (χ3n) is 11.1. The summed E-state index contributed by atoms with van der Waals surface area (Å²) in [5.74, 6) is 1.18. The monoisotopic (exact) mass is 555 g/mol. The van der Waals surface area contributed by atoms with Crippen LogP contribution in [-0.2, 0) is 19.1 Å². The third kappa shape index (κ3) is 5.71. The van der Waals surface area contributed by atoms with Gasteiger partial charge < -0.3 is 25.6 Å². The molecular weight excluding hydrogens is 506 g/mol. The van der Waals surface area contributed by atoms with Gasteiger partial charge in [0.05, 0.1) is 11.8 Å². The number of allylic oxidation sites excluding steroid dienone is 2. The summed E-state index contributed by atoms with van der Waals surface area (Å²) in [4.78, 5) is 46.3. The van der Waals surface area contributed by atoms with E-state index >= 15 is 0 Å². The second-order valence-electron chi connectivity index (χ2n) is 13.6. The summed E-state index contributed by atoms with van der Waals surface area (Å²) in [6.45, 7) is 8.49. The topological polar surface area (TPSA) is 108 Å². The molecule has 0 bridgehead atoms. The number of rotatable bonds is 5. The zero-order valence-corrected chi connectivity index (χ0v) is 24.3. The average molecular weight is 556 g/mol. The molecule has 3 N–H and O–H groups in total. The number of carbonyl (C=O) groups is 3. The molecule has 0 radical (unpaired) electrons. The highest BCUT2D eigenvalue weighted by Gasteiger charge is 2.53.